The zero-order valence-electron chi connectivity index (χ0n) is 9.80. The van der Waals surface area contributed by atoms with E-state index in [1.54, 1.807) is 12.4 Å². The first-order valence-electron chi connectivity index (χ1n) is 5.25. The highest BCUT2D eigenvalue weighted by Crippen LogP contribution is 2.23. The first-order valence-corrected chi connectivity index (χ1v) is 6.30. The maximum atomic E-state index is 11.0. The summed E-state index contributed by atoms with van der Waals surface area (Å²) in [6.45, 7) is 5.85. The predicted molar refractivity (Wildman–Crippen MR) is 66.5 cm³/mol. The van der Waals surface area contributed by atoms with Crippen molar-refractivity contribution in [1.82, 2.24) is 4.98 Å². The van der Waals surface area contributed by atoms with Crippen molar-refractivity contribution in [3.05, 3.63) is 29.6 Å². The van der Waals surface area contributed by atoms with E-state index in [0.717, 1.165) is 11.1 Å². The van der Waals surface area contributed by atoms with Crippen LogP contribution in [0.3, 0.4) is 0 Å². The Hall–Kier alpha value is -1.03. The molecule has 0 aliphatic carbocycles. The van der Waals surface area contributed by atoms with E-state index in [-0.39, 0.29) is 11.2 Å². The smallest absolute Gasteiger partial charge is 0.316 e. The van der Waals surface area contributed by atoms with E-state index in [1.807, 2.05) is 26.8 Å². The molecule has 1 aromatic rings. The number of hydrogen-bond donors (Lipinski definition) is 1. The normalized spacial score (nSPS) is 12.8. The number of rotatable bonds is 5. The van der Waals surface area contributed by atoms with Crippen LogP contribution in [0.25, 0.3) is 0 Å². The van der Waals surface area contributed by atoms with Gasteiger partial charge in [-0.3, -0.25) is 9.78 Å². The number of hydrogen-bond acceptors (Lipinski definition) is 3. The van der Waals surface area contributed by atoms with Gasteiger partial charge in [-0.1, -0.05) is 19.9 Å². The first-order chi connectivity index (χ1) is 7.50. The number of carboxylic acids is 1. The molecule has 88 valence electrons. The summed E-state index contributed by atoms with van der Waals surface area (Å²) in [6, 6.07) is 2.04. The van der Waals surface area contributed by atoms with Crippen molar-refractivity contribution in [3.8, 4) is 0 Å². The van der Waals surface area contributed by atoms with E-state index in [1.165, 1.54) is 11.8 Å². The highest BCUT2D eigenvalue weighted by atomic mass is 32.2. The topological polar surface area (TPSA) is 50.2 Å². The van der Waals surface area contributed by atoms with Crippen LogP contribution >= 0.6 is 11.8 Å². The molecule has 0 bridgehead atoms. The molecule has 1 N–H and O–H groups in total. The SMILES string of the molecule is Cc1cncc(CSC(C(=O)O)C(C)C)c1. The second-order valence-corrected chi connectivity index (χ2v) is 5.31. The molecular weight excluding hydrogens is 222 g/mol. The molecule has 1 unspecified atom stereocenters. The molecule has 0 aromatic carbocycles. The van der Waals surface area contributed by atoms with Crippen LogP contribution in [0.5, 0.6) is 0 Å². The monoisotopic (exact) mass is 239 g/mol. The summed E-state index contributed by atoms with van der Waals surface area (Å²) >= 11 is 1.46. The minimum absolute atomic E-state index is 0.139. The van der Waals surface area contributed by atoms with Gasteiger partial charge >= 0.3 is 5.97 Å². The molecule has 0 aliphatic heterocycles. The Morgan fingerprint density at radius 1 is 1.50 bits per heavy atom. The Morgan fingerprint density at radius 2 is 2.19 bits per heavy atom. The van der Waals surface area contributed by atoms with Gasteiger partial charge in [-0.25, -0.2) is 0 Å². The third kappa shape index (κ3) is 3.85. The fraction of sp³-hybridized carbons (Fsp3) is 0.500. The van der Waals surface area contributed by atoms with Crippen LogP contribution in [0, 0.1) is 12.8 Å². The fourth-order valence-corrected chi connectivity index (χ4v) is 2.49. The van der Waals surface area contributed by atoms with Crippen LogP contribution in [-0.4, -0.2) is 21.3 Å². The van der Waals surface area contributed by atoms with Crippen molar-refractivity contribution in [2.75, 3.05) is 0 Å². The lowest BCUT2D eigenvalue weighted by Gasteiger charge is -2.15. The number of carboxylic acid groups (broad SMARTS) is 1. The van der Waals surface area contributed by atoms with Gasteiger partial charge < -0.3 is 5.11 Å². The van der Waals surface area contributed by atoms with Crippen molar-refractivity contribution in [1.29, 1.82) is 0 Å². The van der Waals surface area contributed by atoms with E-state index in [9.17, 15) is 4.79 Å². The minimum Gasteiger partial charge on any atom is -0.480 e. The Morgan fingerprint density at radius 3 is 2.69 bits per heavy atom. The summed E-state index contributed by atoms with van der Waals surface area (Å²) in [7, 11) is 0. The second-order valence-electron chi connectivity index (χ2n) is 4.18. The predicted octanol–water partition coefficient (Wildman–Crippen LogP) is 2.73. The van der Waals surface area contributed by atoms with Crippen LogP contribution in [0.2, 0.25) is 0 Å². The molecular formula is C12H17NO2S. The van der Waals surface area contributed by atoms with E-state index in [2.05, 4.69) is 4.98 Å². The number of carbonyl (C=O) groups is 1. The minimum atomic E-state index is -0.736. The Balaban J connectivity index is 2.59. The Labute approximate surface area is 100 Å². The summed E-state index contributed by atoms with van der Waals surface area (Å²) in [5, 5.41) is 8.69. The molecule has 1 atom stereocenters. The van der Waals surface area contributed by atoms with Crippen LogP contribution in [0.15, 0.2) is 18.5 Å². The van der Waals surface area contributed by atoms with Gasteiger partial charge in [-0.15, -0.1) is 11.8 Å². The number of aliphatic carboxylic acids is 1. The highest BCUT2D eigenvalue weighted by Gasteiger charge is 2.21. The standard InChI is InChI=1S/C12H17NO2S/c1-8(2)11(12(14)15)16-7-10-4-9(3)5-13-6-10/h4-6,8,11H,7H2,1-3H3,(H,14,15). The molecule has 0 amide bonds. The summed E-state index contributed by atoms with van der Waals surface area (Å²) < 4.78 is 0. The molecule has 3 nitrogen and oxygen atoms in total. The number of aromatic nitrogens is 1. The van der Waals surface area contributed by atoms with E-state index >= 15 is 0 Å². The van der Waals surface area contributed by atoms with Gasteiger partial charge in [0.2, 0.25) is 0 Å². The maximum Gasteiger partial charge on any atom is 0.316 e. The van der Waals surface area contributed by atoms with Gasteiger partial charge in [0, 0.05) is 18.1 Å². The lowest BCUT2D eigenvalue weighted by atomic mass is 10.1. The average molecular weight is 239 g/mol. The quantitative estimate of drug-likeness (QED) is 0.858. The van der Waals surface area contributed by atoms with Gasteiger partial charge in [-0.05, 0) is 24.0 Å². The lowest BCUT2D eigenvalue weighted by Crippen LogP contribution is -2.22. The molecule has 1 heterocycles. The molecule has 0 spiro atoms. The third-order valence-corrected chi connectivity index (χ3v) is 3.82. The summed E-state index contributed by atoms with van der Waals surface area (Å²) in [5.41, 5.74) is 2.19. The van der Waals surface area contributed by atoms with Crippen LogP contribution < -0.4 is 0 Å². The third-order valence-electron chi connectivity index (χ3n) is 2.21. The summed E-state index contributed by atoms with van der Waals surface area (Å²) in [6.07, 6.45) is 3.59. The largest absolute Gasteiger partial charge is 0.480 e. The molecule has 0 saturated heterocycles. The van der Waals surface area contributed by atoms with E-state index < -0.39 is 5.97 Å². The van der Waals surface area contributed by atoms with Crippen molar-refractivity contribution in [3.63, 3.8) is 0 Å². The number of thioether (sulfide) groups is 1. The zero-order chi connectivity index (χ0) is 12.1. The maximum absolute atomic E-state index is 11.0. The van der Waals surface area contributed by atoms with Crippen molar-refractivity contribution in [2.45, 2.75) is 31.8 Å². The van der Waals surface area contributed by atoms with E-state index in [4.69, 9.17) is 5.11 Å². The summed E-state index contributed by atoms with van der Waals surface area (Å²) in [5.74, 6) is 0.102. The molecule has 0 saturated carbocycles. The van der Waals surface area contributed by atoms with E-state index in [0.29, 0.717) is 5.75 Å². The molecule has 0 aliphatic rings. The lowest BCUT2D eigenvalue weighted by molar-refractivity contribution is -0.137. The van der Waals surface area contributed by atoms with Gasteiger partial charge in [0.1, 0.15) is 5.25 Å². The fourth-order valence-electron chi connectivity index (χ4n) is 1.43. The molecule has 1 rings (SSSR count). The highest BCUT2D eigenvalue weighted by molar-refractivity contribution is 7.99. The van der Waals surface area contributed by atoms with Gasteiger partial charge in [-0.2, -0.15) is 0 Å². The number of pyridine rings is 1. The first kappa shape index (κ1) is 13.0. The van der Waals surface area contributed by atoms with Gasteiger partial charge in [0.05, 0.1) is 0 Å². The molecule has 1 aromatic heterocycles. The number of nitrogens with zero attached hydrogens (tertiary/aromatic N) is 1. The molecule has 4 heteroatoms. The molecule has 16 heavy (non-hydrogen) atoms. The van der Waals surface area contributed by atoms with Crippen LogP contribution in [0.1, 0.15) is 25.0 Å². The van der Waals surface area contributed by atoms with Crippen molar-refractivity contribution < 1.29 is 9.90 Å². The van der Waals surface area contributed by atoms with Gasteiger partial charge in [0.25, 0.3) is 0 Å². The van der Waals surface area contributed by atoms with Crippen LogP contribution in [-0.2, 0) is 10.5 Å². The van der Waals surface area contributed by atoms with Gasteiger partial charge in [0.15, 0.2) is 0 Å². The van der Waals surface area contributed by atoms with Crippen molar-refractivity contribution in [2.24, 2.45) is 5.92 Å². The summed E-state index contributed by atoms with van der Waals surface area (Å²) in [4.78, 5) is 15.1. The van der Waals surface area contributed by atoms with Crippen molar-refractivity contribution >= 4 is 17.7 Å². The molecule has 0 radical (unpaired) electrons. The number of aryl methyl sites for hydroxylation is 1. The van der Waals surface area contributed by atoms with Crippen LogP contribution in [0.4, 0.5) is 0 Å². The molecule has 0 fully saturated rings. The second kappa shape index (κ2) is 5.89. The Kier molecular flexibility index (Phi) is 4.80. The average Bonchev–Trinajstić information content (AvgIpc) is 2.16. The zero-order valence-corrected chi connectivity index (χ0v) is 10.6. The Bertz CT molecular complexity index is 366.